The van der Waals surface area contributed by atoms with Gasteiger partial charge in [0.05, 0.1) is 6.54 Å². The minimum Gasteiger partial charge on any atom is -0.485 e. The molecule has 3 aliphatic rings. The highest BCUT2D eigenvalue weighted by molar-refractivity contribution is 5.76. The van der Waals surface area contributed by atoms with E-state index in [0.717, 1.165) is 44.4 Å². The van der Waals surface area contributed by atoms with E-state index in [1.54, 1.807) is 0 Å². The Bertz CT molecular complexity index is 761. The molecule has 1 aromatic carbocycles. The van der Waals surface area contributed by atoms with Gasteiger partial charge in [-0.15, -0.1) is 12.3 Å². The third-order valence-corrected chi connectivity index (χ3v) is 5.83. The molecule has 0 saturated carbocycles. The molecule has 1 amide bonds. The van der Waals surface area contributed by atoms with Crippen LogP contribution in [0.15, 0.2) is 34.5 Å². The molecule has 0 N–H and O–H groups in total. The van der Waals surface area contributed by atoms with Crippen molar-refractivity contribution in [3.05, 3.63) is 29.8 Å². The largest absolute Gasteiger partial charge is 0.485 e. The molecule has 26 heavy (non-hydrogen) atoms. The molecule has 5 heteroatoms. The smallest absolute Gasteiger partial charge is 0.222 e. The molecule has 1 unspecified atom stereocenters. The number of benzene rings is 1. The number of carbonyl (C=O) groups is 1. The van der Waals surface area contributed by atoms with Crippen LogP contribution in [0.5, 0.6) is 5.75 Å². The quantitative estimate of drug-likeness (QED) is 0.759. The molecule has 136 valence electrons. The van der Waals surface area contributed by atoms with Gasteiger partial charge in [-0.25, -0.2) is 0 Å². The zero-order valence-corrected chi connectivity index (χ0v) is 15.1. The molecule has 1 fully saturated rings. The van der Waals surface area contributed by atoms with E-state index >= 15 is 0 Å². The van der Waals surface area contributed by atoms with Crippen LogP contribution in [0.25, 0.3) is 0 Å². The van der Waals surface area contributed by atoms with Gasteiger partial charge in [-0.3, -0.25) is 4.79 Å². The summed E-state index contributed by atoms with van der Waals surface area (Å²) >= 11 is 0. The summed E-state index contributed by atoms with van der Waals surface area (Å²) in [4.78, 5) is 14.7. The second-order valence-corrected chi connectivity index (χ2v) is 7.70. The highest BCUT2D eigenvalue weighted by Crippen LogP contribution is 2.40. The minimum atomic E-state index is -0.379. The molecule has 0 bridgehead atoms. The standard InChI is InChI=1S/C21H25N3O2/c1-2-3-12-21(22-23-21)14-10-19(25)24-15-6-11-20(16-24)13-9-17-7-4-5-8-18(17)26-20/h1,4-5,7-8H,3,6,9-16H2. The number of carbonyl (C=O) groups excluding carboxylic acids is 1. The number of ether oxygens (including phenoxy) is 1. The molecule has 0 radical (unpaired) electrons. The van der Waals surface area contributed by atoms with Gasteiger partial charge in [0.15, 0.2) is 5.66 Å². The highest BCUT2D eigenvalue weighted by atomic mass is 16.5. The van der Waals surface area contributed by atoms with E-state index in [4.69, 9.17) is 11.2 Å². The molecule has 1 spiro atoms. The van der Waals surface area contributed by atoms with Crippen LogP contribution in [-0.2, 0) is 11.2 Å². The summed E-state index contributed by atoms with van der Waals surface area (Å²) in [5.41, 5.74) is 0.669. The van der Waals surface area contributed by atoms with E-state index in [1.807, 2.05) is 17.0 Å². The number of fused-ring (bicyclic) bond motifs is 1. The van der Waals surface area contributed by atoms with Crippen LogP contribution in [0.4, 0.5) is 0 Å². The fourth-order valence-corrected chi connectivity index (χ4v) is 4.19. The van der Waals surface area contributed by atoms with E-state index < -0.39 is 0 Å². The van der Waals surface area contributed by atoms with Gasteiger partial charge >= 0.3 is 0 Å². The second kappa shape index (κ2) is 6.75. The van der Waals surface area contributed by atoms with Crippen LogP contribution < -0.4 is 4.74 Å². The highest BCUT2D eigenvalue weighted by Gasteiger charge is 2.43. The Morgan fingerprint density at radius 1 is 1.27 bits per heavy atom. The minimum absolute atomic E-state index is 0.184. The molecule has 1 saturated heterocycles. The third kappa shape index (κ3) is 3.46. The zero-order chi connectivity index (χ0) is 18.0. The number of rotatable bonds is 5. The van der Waals surface area contributed by atoms with Crippen LogP contribution in [0, 0.1) is 12.3 Å². The summed E-state index contributed by atoms with van der Waals surface area (Å²) < 4.78 is 6.40. The predicted octanol–water partition coefficient (Wildman–Crippen LogP) is 3.73. The molecule has 1 atom stereocenters. The van der Waals surface area contributed by atoms with E-state index in [0.29, 0.717) is 25.8 Å². The van der Waals surface area contributed by atoms with Crippen molar-refractivity contribution in [2.45, 2.75) is 62.6 Å². The van der Waals surface area contributed by atoms with Crippen molar-refractivity contribution in [3.63, 3.8) is 0 Å². The van der Waals surface area contributed by atoms with Crippen LogP contribution in [0.2, 0.25) is 0 Å². The molecule has 4 rings (SSSR count). The molecular weight excluding hydrogens is 326 g/mol. The lowest BCUT2D eigenvalue weighted by Gasteiger charge is -2.45. The molecule has 5 nitrogen and oxygen atoms in total. The van der Waals surface area contributed by atoms with E-state index in [-0.39, 0.29) is 17.2 Å². The maximum atomic E-state index is 12.8. The van der Waals surface area contributed by atoms with Crippen molar-refractivity contribution in [1.82, 2.24) is 4.90 Å². The SMILES string of the molecule is C#CCCC1(CCC(=O)N2CCCC3(CCc4ccccc4O3)C2)N=N1. The lowest BCUT2D eigenvalue weighted by atomic mass is 9.84. The summed E-state index contributed by atoms with van der Waals surface area (Å²) in [7, 11) is 0. The summed E-state index contributed by atoms with van der Waals surface area (Å²) in [6.45, 7) is 1.50. The number of aryl methyl sites for hydroxylation is 1. The first-order valence-corrected chi connectivity index (χ1v) is 9.56. The Kier molecular flexibility index (Phi) is 4.44. The van der Waals surface area contributed by atoms with Gasteiger partial charge in [-0.1, -0.05) is 18.2 Å². The second-order valence-electron chi connectivity index (χ2n) is 7.70. The monoisotopic (exact) mass is 351 g/mol. The Balaban J connectivity index is 1.35. The number of para-hydroxylation sites is 1. The third-order valence-electron chi connectivity index (χ3n) is 5.83. The Hall–Kier alpha value is -2.35. The molecule has 3 heterocycles. The lowest BCUT2D eigenvalue weighted by molar-refractivity contribution is -0.138. The Morgan fingerprint density at radius 3 is 2.92 bits per heavy atom. The molecular formula is C21H25N3O2. The van der Waals surface area contributed by atoms with Gasteiger partial charge < -0.3 is 9.64 Å². The van der Waals surface area contributed by atoms with Crippen molar-refractivity contribution in [2.75, 3.05) is 13.1 Å². The van der Waals surface area contributed by atoms with E-state index in [1.165, 1.54) is 5.56 Å². The Labute approximate surface area is 154 Å². The van der Waals surface area contributed by atoms with Crippen LogP contribution in [-0.4, -0.2) is 35.2 Å². The van der Waals surface area contributed by atoms with Gasteiger partial charge in [0, 0.05) is 32.2 Å². The van der Waals surface area contributed by atoms with Crippen LogP contribution >= 0.6 is 0 Å². The van der Waals surface area contributed by atoms with Crippen molar-refractivity contribution < 1.29 is 9.53 Å². The molecule has 0 aromatic heterocycles. The first-order valence-electron chi connectivity index (χ1n) is 9.56. The van der Waals surface area contributed by atoms with Gasteiger partial charge in [-0.2, -0.15) is 10.2 Å². The summed E-state index contributed by atoms with van der Waals surface area (Å²) in [5.74, 6) is 3.80. The molecule has 3 aliphatic heterocycles. The predicted molar refractivity (Wildman–Crippen MR) is 98.8 cm³/mol. The number of likely N-dealkylation sites (tertiary alicyclic amines) is 1. The van der Waals surface area contributed by atoms with Crippen molar-refractivity contribution in [2.24, 2.45) is 10.2 Å². The van der Waals surface area contributed by atoms with Crippen molar-refractivity contribution in [3.8, 4) is 18.1 Å². The van der Waals surface area contributed by atoms with Crippen molar-refractivity contribution >= 4 is 5.91 Å². The zero-order valence-electron chi connectivity index (χ0n) is 15.1. The molecule has 1 aromatic rings. The molecule has 0 aliphatic carbocycles. The van der Waals surface area contributed by atoms with Gasteiger partial charge in [0.2, 0.25) is 5.91 Å². The number of nitrogens with zero attached hydrogens (tertiary/aromatic N) is 3. The lowest BCUT2D eigenvalue weighted by Crippen LogP contribution is -2.55. The topological polar surface area (TPSA) is 54.3 Å². The number of hydrogen-bond acceptors (Lipinski definition) is 4. The maximum absolute atomic E-state index is 12.8. The Morgan fingerprint density at radius 2 is 2.12 bits per heavy atom. The van der Waals surface area contributed by atoms with Crippen molar-refractivity contribution in [1.29, 1.82) is 0 Å². The normalized spacial score (nSPS) is 25.3. The number of amides is 1. The average molecular weight is 351 g/mol. The maximum Gasteiger partial charge on any atom is 0.222 e. The fraction of sp³-hybridized carbons (Fsp3) is 0.571. The van der Waals surface area contributed by atoms with Gasteiger partial charge in [-0.05, 0) is 37.3 Å². The number of piperidine rings is 1. The fourth-order valence-electron chi connectivity index (χ4n) is 4.19. The van der Waals surface area contributed by atoms with E-state index in [2.05, 4.69) is 28.3 Å². The first kappa shape index (κ1) is 17.1. The number of hydrogen-bond donors (Lipinski definition) is 0. The van der Waals surface area contributed by atoms with Gasteiger partial charge in [0.1, 0.15) is 11.4 Å². The average Bonchev–Trinajstić information content (AvgIpc) is 3.45. The van der Waals surface area contributed by atoms with Crippen LogP contribution in [0.1, 0.15) is 50.5 Å². The van der Waals surface area contributed by atoms with Crippen LogP contribution in [0.3, 0.4) is 0 Å². The van der Waals surface area contributed by atoms with E-state index in [9.17, 15) is 4.79 Å². The number of terminal acetylenes is 1. The summed E-state index contributed by atoms with van der Waals surface area (Å²) in [6, 6.07) is 8.25. The van der Waals surface area contributed by atoms with Gasteiger partial charge in [0.25, 0.3) is 0 Å². The summed E-state index contributed by atoms with van der Waals surface area (Å²) in [6.07, 6.45) is 11.9. The first-order chi connectivity index (χ1) is 12.6. The summed E-state index contributed by atoms with van der Waals surface area (Å²) in [5, 5.41) is 8.26.